The normalized spacial score (nSPS) is 12.1. The van der Waals surface area contributed by atoms with Gasteiger partial charge in [0.15, 0.2) is 0 Å². The Bertz CT molecular complexity index is 570. The first-order valence-electron chi connectivity index (χ1n) is 5.74. The molecular weight excluding hydrogens is 249 g/mol. The number of nitrogens with two attached hydrogens (primary N) is 1. The Morgan fingerprint density at radius 1 is 1.63 bits per heavy atom. The molecule has 0 saturated carbocycles. The van der Waals surface area contributed by atoms with Crippen molar-refractivity contribution in [3.63, 3.8) is 0 Å². The van der Waals surface area contributed by atoms with E-state index < -0.39 is 11.7 Å². The third-order valence-corrected chi connectivity index (χ3v) is 2.55. The highest BCUT2D eigenvalue weighted by molar-refractivity contribution is 5.98. The number of imidazole rings is 1. The number of carbonyl (C=O) groups is 1. The van der Waals surface area contributed by atoms with Crippen LogP contribution in [0.15, 0.2) is 31.0 Å². The Hall–Kier alpha value is -2.44. The van der Waals surface area contributed by atoms with E-state index in [-0.39, 0.29) is 17.4 Å². The molecule has 0 saturated heterocycles. The average Bonchev–Trinajstić information content (AvgIpc) is 2.84. The molecule has 6 nitrogen and oxygen atoms in total. The highest BCUT2D eigenvalue weighted by Gasteiger charge is 2.14. The van der Waals surface area contributed by atoms with Crippen molar-refractivity contribution in [3.8, 4) is 0 Å². The summed E-state index contributed by atoms with van der Waals surface area (Å²) in [5, 5.41) is 2.73. The highest BCUT2D eigenvalue weighted by Crippen LogP contribution is 2.10. The third kappa shape index (κ3) is 3.27. The predicted octanol–water partition coefficient (Wildman–Crippen LogP) is 0.818. The van der Waals surface area contributed by atoms with Gasteiger partial charge >= 0.3 is 0 Å². The van der Waals surface area contributed by atoms with Crippen LogP contribution in [0.3, 0.4) is 0 Å². The van der Waals surface area contributed by atoms with Crippen LogP contribution in [0.5, 0.6) is 0 Å². The van der Waals surface area contributed by atoms with Crippen LogP contribution in [-0.4, -0.2) is 26.5 Å². The summed E-state index contributed by atoms with van der Waals surface area (Å²) in [6, 6.07) is 0.922. The molecular formula is C12H14FN5O. The van der Waals surface area contributed by atoms with Crippen molar-refractivity contribution in [2.75, 3.05) is 5.73 Å². The monoisotopic (exact) mass is 263 g/mol. The van der Waals surface area contributed by atoms with E-state index in [2.05, 4.69) is 15.3 Å². The summed E-state index contributed by atoms with van der Waals surface area (Å²) in [5.41, 5.74) is 5.59. The predicted molar refractivity (Wildman–Crippen MR) is 67.8 cm³/mol. The maximum atomic E-state index is 13.0. The minimum Gasteiger partial charge on any atom is -0.383 e. The number of hydrogen-bond acceptors (Lipinski definition) is 4. The van der Waals surface area contributed by atoms with E-state index in [9.17, 15) is 9.18 Å². The van der Waals surface area contributed by atoms with Gasteiger partial charge in [-0.2, -0.15) is 0 Å². The van der Waals surface area contributed by atoms with Gasteiger partial charge in [-0.15, -0.1) is 0 Å². The summed E-state index contributed by atoms with van der Waals surface area (Å²) in [7, 11) is 0. The molecule has 0 aromatic carbocycles. The van der Waals surface area contributed by atoms with Crippen molar-refractivity contribution in [2.24, 2.45) is 0 Å². The van der Waals surface area contributed by atoms with Crippen molar-refractivity contribution >= 4 is 11.7 Å². The maximum Gasteiger partial charge on any atom is 0.255 e. The lowest BCUT2D eigenvalue weighted by molar-refractivity contribution is 0.0937. The van der Waals surface area contributed by atoms with Crippen molar-refractivity contribution in [1.82, 2.24) is 19.9 Å². The molecule has 3 N–H and O–H groups in total. The van der Waals surface area contributed by atoms with Crippen molar-refractivity contribution in [3.05, 3.63) is 42.4 Å². The van der Waals surface area contributed by atoms with Gasteiger partial charge in [-0.1, -0.05) is 0 Å². The lowest BCUT2D eigenvalue weighted by Gasteiger charge is -2.15. The smallest absolute Gasteiger partial charge is 0.255 e. The van der Waals surface area contributed by atoms with Gasteiger partial charge in [0.25, 0.3) is 5.91 Å². The zero-order valence-corrected chi connectivity index (χ0v) is 10.4. The molecule has 0 aliphatic rings. The number of aromatic nitrogens is 3. The van der Waals surface area contributed by atoms with Gasteiger partial charge in [0.1, 0.15) is 11.6 Å². The van der Waals surface area contributed by atoms with Gasteiger partial charge in [0.2, 0.25) is 0 Å². The quantitative estimate of drug-likeness (QED) is 0.855. The van der Waals surface area contributed by atoms with Crippen LogP contribution in [-0.2, 0) is 6.54 Å². The summed E-state index contributed by atoms with van der Waals surface area (Å²) in [4.78, 5) is 19.5. The van der Waals surface area contributed by atoms with Crippen LogP contribution in [0.25, 0.3) is 0 Å². The van der Waals surface area contributed by atoms with Crippen LogP contribution in [0, 0.1) is 5.82 Å². The molecule has 0 aliphatic heterocycles. The molecule has 0 fully saturated rings. The van der Waals surface area contributed by atoms with Gasteiger partial charge in [-0.3, -0.25) is 4.79 Å². The lowest BCUT2D eigenvalue weighted by Crippen LogP contribution is -2.36. The van der Waals surface area contributed by atoms with E-state index in [0.29, 0.717) is 6.54 Å². The number of nitrogens with one attached hydrogen (secondary N) is 1. The number of amides is 1. The molecule has 2 aromatic rings. The largest absolute Gasteiger partial charge is 0.383 e. The Kier molecular flexibility index (Phi) is 3.74. The van der Waals surface area contributed by atoms with E-state index in [4.69, 9.17) is 5.73 Å². The molecule has 2 heterocycles. The summed E-state index contributed by atoms with van der Waals surface area (Å²) < 4.78 is 14.9. The molecule has 100 valence electrons. The van der Waals surface area contributed by atoms with Gasteiger partial charge < -0.3 is 15.6 Å². The molecule has 19 heavy (non-hydrogen) atoms. The standard InChI is InChI=1S/C12H14FN5O/c1-8(6-18-3-2-15-7-18)17-12(19)10-4-9(13)5-16-11(10)14/h2-5,7-8H,6H2,1H3,(H2,14,16)(H,17,19). The first-order chi connectivity index (χ1) is 9.06. The van der Waals surface area contributed by atoms with Crippen molar-refractivity contribution < 1.29 is 9.18 Å². The molecule has 1 unspecified atom stereocenters. The van der Waals surface area contributed by atoms with Crippen LogP contribution >= 0.6 is 0 Å². The van der Waals surface area contributed by atoms with Crippen LogP contribution < -0.4 is 11.1 Å². The number of anilines is 1. The van der Waals surface area contributed by atoms with E-state index in [0.717, 1.165) is 12.3 Å². The Balaban J connectivity index is 2.02. The fourth-order valence-corrected chi connectivity index (χ4v) is 1.69. The molecule has 2 rings (SSSR count). The second-order valence-corrected chi connectivity index (χ2v) is 4.22. The van der Waals surface area contributed by atoms with E-state index in [1.54, 1.807) is 18.7 Å². The first kappa shape index (κ1) is 13.0. The van der Waals surface area contributed by atoms with Gasteiger partial charge in [-0.25, -0.2) is 14.4 Å². The van der Waals surface area contributed by atoms with Crippen LogP contribution in [0.4, 0.5) is 10.2 Å². The van der Waals surface area contributed by atoms with Gasteiger partial charge in [-0.05, 0) is 13.0 Å². The molecule has 1 atom stereocenters. The van der Waals surface area contributed by atoms with Crippen molar-refractivity contribution in [2.45, 2.75) is 19.5 Å². The van der Waals surface area contributed by atoms with E-state index in [1.165, 1.54) is 0 Å². The molecule has 7 heteroatoms. The SMILES string of the molecule is CC(Cn1ccnc1)NC(=O)c1cc(F)cnc1N. The lowest BCUT2D eigenvalue weighted by atomic mass is 10.2. The second kappa shape index (κ2) is 5.47. The number of nitrogen functional groups attached to an aromatic ring is 1. The summed E-state index contributed by atoms with van der Waals surface area (Å²) in [6.45, 7) is 2.40. The second-order valence-electron chi connectivity index (χ2n) is 4.22. The molecule has 0 aliphatic carbocycles. The molecule has 0 spiro atoms. The van der Waals surface area contributed by atoms with Gasteiger partial charge in [0.05, 0.1) is 18.1 Å². The maximum absolute atomic E-state index is 13.0. The van der Waals surface area contributed by atoms with Gasteiger partial charge in [0, 0.05) is 25.0 Å². The summed E-state index contributed by atoms with van der Waals surface area (Å²) in [6.07, 6.45) is 6.07. The number of halogens is 1. The van der Waals surface area contributed by atoms with E-state index in [1.807, 2.05) is 11.5 Å². The topological polar surface area (TPSA) is 85.8 Å². The average molecular weight is 263 g/mol. The molecule has 1 amide bonds. The zero-order valence-electron chi connectivity index (χ0n) is 10.4. The number of carbonyl (C=O) groups excluding carboxylic acids is 1. The number of nitrogens with zero attached hydrogens (tertiary/aromatic N) is 3. The number of rotatable bonds is 4. The van der Waals surface area contributed by atoms with E-state index >= 15 is 0 Å². The molecule has 0 bridgehead atoms. The molecule has 0 radical (unpaired) electrons. The highest BCUT2D eigenvalue weighted by atomic mass is 19.1. The minimum absolute atomic E-state index is 0.00808. The Labute approximate surface area is 109 Å². The molecule has 2 aromatic heterocycles. The first-order valence-corrected chi connectivity index (χ1v) is 5.74. The Morgan fingerprint density at radius 3 is 3.11 bits per heavy atom. The third-order valence-electron chi connectivity index (χ3n) is 2.55. The van der Waals surface area contributed by atoms with Crippen molar-refractivity contribution in [1.29, 1.82) is 0 Å². The Morgan fingerprint density at radius 2 is 2.42 bits per heavy atom. The number of pyridine rings is 1. The fourth-order valence-electron chi connectivity index (χ4n) is 1.69. The summed E-state index contributed by atoms with van der Waals surface area (Å²) in [5.74, 6) is -1.03. The van der Waals surface area contributed by atoms with Crippen LogP contribution in [0.2, 0.25) is 0 Å². The fraction of sp³-hybridized carbons (Fsp3) is 0.250. The minimum atomic E-state index is -0.596. The summed E-state index contributed by atoms with van der Waals surface area (Å²) >= 11 is 0. The zero-order chi connectivity index (χ0) is 13.8. The van der Waals surface area contributed by atoms with Crippen LogP contribution in [0.1, 0.15) is 17.3 Å². The number of hydrogen-bond donors (Lipinski definition) is 2.